The van der Waals surface area contributed by atoms with Gasteiger partial charge in [0.15, 0.2) is 11.0 Å². The molecule has 2 heterocycles. The van der Waals surface area contributed by atoms with Gasteiger partial charge in [0.05, 0.1) is 5.69 Å². The number of halogens is 1. The van der Waals surface area contributed by atoms with Gasteiger partial charge < -0.3 is 5.32 Å². The van der Waals surface area contributed by atoms with Crippen molar-refractivity contribution in [2.24, 2.45) is 7.05 Å². The van der Waals surface area contributed by atoms with E-state index in [1.54, 1.807) is 12.4 Å². The van der Waals surface area contributed by atoms with Gasteiger partial charge in [0.2, 0.25) is 0 Å². The van der Waals surface area contributed by atoms with Crippen LogP contribution < -0.4 is 5.32 Å². The van der Waals surface area contributed by atoms with E-state index in [2.05, 4.69) is 27.3 Å². The van der Waals surface area contributed by atoms with Crippen LogP contribution in [0.4, 0.5) is 5.82 Å². The first kappa shape index (κ1) is 11.9. The van der Waals surface area contributed by atoms with Crippen molar-refractivity contribution in [1.29, 1.82) is 0 Å². The third kappa shape index (κ3) is 2.74. The summed E-state index contributed by atoms with van der Waals surface area (Å²) in [5.74, 6) is 0.597. The highest BCUT2D eigenvalue weighted by Crippen LogP contribution is 2.16. The van der Waals surface area contributed by atoms with Crippen LogP contribution in [0.1, 0.15) is 18.2 Å². The van der Waals surface area contributed by atoms with E-state index in [-0.39, 0.29) is 0 Å². The van der Waals surface area contributed by atoms with Gasteiger partial charge in [0.1, 0.15) is 0 Å². The van der Waals surface area contributed by atoms with Crippen LogP contribution in [0.3, 0.4) is 0 Å². The van der Waals surface area contributed by atoms with Gasteiger partial charge in [-0.2, -0.15) is 5.10 Å². The predicted octanol–water partition coefficient (Wildman–Crippen LogP) is 2.04. The van der Waals surface area contributed by atoms with Gasteiger partial charge in [-0.1, -0.05) is 18.5 Å². The van der Waals surface area contributed by atoms with Gasteiger partial charge in [0, 0.05) is 37.7 Å². The normalized spacial score (nSPS) is 10.5. The van der Waals surface area contributed by atoms with Crippen LogP contribution >= 0.6 is 11.6 Å². The Kier molecular flexibility index (Phi) is 3.58. The highest BCUT2D eigenvalue weighted by molar-refractivity contribution is 6.31. The molecule has 0 aliphatic carbocycles. The van der Waals surface area contributed by atoms with Crippen LogP contribution in [0.15, 0.2) is 18.6 Å². The molecule has 0 aliphatic rings. The van der Waals surface area contributed by atoms with E-state index in [0.717, 1.165) is 17.7 Å². The Hall–Kier alpha value is -1.62. The van der Waals surface area contributed by atoms with Crippen LogP contribution in [-0.2, 0) is 20.0 Å². The minimum Gasteiger partial charge on any atom is -0.363 e. The topological polar surface area (TPSA) is 55.6 Å². The molecule has 0 saturated heterocycles. The molecule has 17 heavy (non-hydrogen) atoms. The summed E-state index contributed by atoms with van der Waals surface area (Å²) in [5.41, 5.74) is 2.23. The summed E-state index contributed by atoms with van der Waals surface area (Å²) in [5, 5.41) is 7.91. The standard InChI is InChI=1S/C11H14ClN5/c1-3-9-8(7-17(2)16-9)6-15-11-10(12)13-4-5-14-11/h4-5,7H,3,6H2,1-2H3,(H,14,15). The van der Waals surface area contributed by atoms with E-state index >= 15 is 0 Å². The number of aryl methyl sites for hydroxylation is 2. The summed E-state index contributed by atoms with van der Waals surface area (Å²) in [6.07, 6.45) is 6.08. The second-order valence-electron chi connectivity index (χ2n) is 3.68. The fraction of sp³-hybridized carbons (Fsp3) is 0.364. The lowest BCUT2D eigenvalue weighted by molar-refractivity contribution is 0.746. The first-order chi connectivity index (χ1) is 8.20. The molecule has 0 fully saturated rings. The molecule has 0 aliphatic heterocycles. The number of hydrogen-bond acceptors (Lipinski definition) is 4. The Morgan fingerprint density at radius 2 is 2.12 bits per heavy atom. The molecule has 0 bridgehead atoms. The number of nitrogens with one attached hydrogen (secondary N) is 1. The van der Waals surface area contributed by atoms with Crippen LogP contribution in [-0.4, -0.2) is 19.7 Å². The summed E-state index contributed by atoms with van der Waals surface area (Å²) >= 11 is 5.91. The lowest BCUT2D eigenvalue weighted by atomic mass is 10.2. The molecule has 0 saturated carbocycles. The van der Waals surface area contributed by atoms with Crippen LogP contribution in [0.25, 0.3) is 0 Å². The van der Waals surface area contributed by atoms with E-state index < -0.39 is 0 Å². The molecule has 0 unspecified atom stereocenters. The number of anilines is 1. The van der Waals surface area contributed by atoms with Crippen molar-refractivity contribution in [3.05, 3.63) is 35.0 Å². The SMILES string of the molecule is CCc1nn(C)cc1CNc1nccnc1Cl. The first-order valence-corrected chi connectivity index (χ1v) is 5.80. The number of hydrogen-bond donors (Lipinski definition) is 1. The molecule has 6 heteroatoms. The fourth-order valence-electron chi connectivity index (χ4n) is 1.65. The molecule has 0 amide bonds. The predicted molar refractivity (Wildman–Crippen MR) is 67.0 cm³/mol. The zero-order valence-electron chi connectivity index (χ0n) is 9.81. The number of rotatable bonds is 4. The summed E-state index contributed by atoms with van der Waals surface area (Å²) in [6, 6.07) is 0. The summed E-state index contributed by atoms with van der Waals surface area (Å²) in [4.78, 5) is 8.08. The third-order valence-electron chi connectivity index (χ3n) is 2.43. The molecule has 90 valence electrons. The van der Waals surface area contributed by atoms with Crippen molar-refractivity contribution in [2.45, 2.75) is 19.9 Å². The molecule has 0 atom stereocenters. The zero-order chi connectivity index (χ0) is 12.3. The fourth-order valence-corrected chi connectivity index (χ4v) is 1.82. The highest BCUT2D eigenvalue weighted by atomic mass is 35.5. The molecule has 2 aromatic heterocycles. The molecule has 1 N–H and O–H groups in total. The largest absolute Gasteiger partial charge is 0.363 e. The maximum Gasteiger partial charge on any atom is 0.171 e. The molecule has 5 nitrogen and oxygen atoms in total. The quantitative estimate of drug-likeness (QED) is 0.904. The third-order valence-corrected chi connectivity index (χ3v) is 2.70. The van der Waals surface area contributed by atoms with Gasteiger partial charge in [-0.05, 0) is 6.42 Å². The summed E-state index contributed by atoms with van der Waals surface area (Å²) in [7, 11) is 1.91. The number of nitrogens with zero attached hydrogens (tertiary/aromatic N) is 4. The second kappa shape index (κ2) is 5.14. The minimum absolute atomic E-state index is 0.384. The minimum atomic E-state index is 0.384. The summed E-state index contributed by atoms with van der Waals surface area (Å²) in [6.45, 7) is 2.73. The van der Waals surface area contributed by atoms with Crippen LogP contribution in [0.2, 0.25) is 5.15 Å². The van der Waals surface area contributed by atoms with Gasteiger partial charge in [0.25, 0.3) is 0 Å². The van der Waals surface area contributed by atoms with Crippen molar-refractivity contribution in [1.82, 2.24) is 19.7 Å². The average molecular weight is 252 g/mol. The van der Waals surface area contributed by atoms with E-state index in [0.29, 0.717) is 17.5 Å². The van der Waals surface area contributed by atoms with E-state index in [1.807, 2.05) is 17.9 Å². The Morgan fingerprint density at radius 1 is 1.35 bits per heavy atom. The maximum absolute atomic E-state index is 5.91. The van der Waals surface area contributed by atoms with E-state index in [1.165, 1.54) is 0 Å². The molecule has 2 aromatic rings. The molecule has 2 rings (SSSR count). The Morgan fingerprint density at radius 3 is 2.82 bits per heavy atom. The first-order valence-electron chi connectivity index (χ1n) is 5.42. The lowest BCUT2D eigenvalue weighted by Gasteiger charge is -2.05. The number of aromatic nitrogens is 4. The average Bonchev–Trinajstić information content (AvgIpc) is 2.69. The maximum atomic E-state index is 5.91. The van der Waals surface area contributed by atoms with Crippen molar-refractivity contribution in [3.8, 4) is 0 Å². The van der Waals surface area contributed by atoms with E-state index in [9.17, 15) is 0 Å². The lowest BCUT2D eigenvalue weighted by Crippen LogP contribution is -2.03. The Labute approximate surface area is 105 Å². The molecular formula is C11H14ClN5. The van der Waals surface area contributed by atoms with Crippen molar-refractivity contribution < 1.29 is 0 Å². The summed E-state index contributed by atoms with van der Waals surface area (Å²) < 4.78 is 1.81. The van der Waals surface area contributed by atoms with Crippen molar-refractivity contribution in [2.75, 3.05) is 5.32 Å². The molecular weight excluding hydrogens is 238 g/mol. The van der Waals surface area contributed by atoms with Gasteiger partial charge >= 0.3 is 0 Å². The molecule has 0 spiro atoms. The van der Waals surface area contributed by atoms with Crippen molar-refractivity contribution in [3.63, 3.8) is 0 Å². The van der Waals surface area contributed by atoms with Crippen molar-refractivity contribution >= 4 is 17.4 Å². The van der Waals surface area contributed by atoms with Gasteiger partial charge in [-0.25, -0.2) is 9.97 Å². The smallest absolute Gasteiger partial charge is 0.171 e. The van der Waals surface area contributed by atoms with Crippen LogP contribution in [0, 0.1) is 0 Å². The zero-order valence-corrected chi connectivity index (χ0v) is 10.6. The van der Waals surface area contributed by atoms with Crippen LogP contribution in [0.5, 0.6) is 0 Å². The van der Waals surface area contributed by atoms with E-state index in [4.69, 9.17) is 11.6 Å². The van der Waals surface area contributed by atoms with Gasteiger partial charge in [-0.15, -0.1) is 0 Å². The Balaban J connectivity index is 2.09. The molecule has 0 radical (unpaired) electrons. The monoisotopic (exact) mass is 251 g/mol. The Bertz CT molecular complexity index is 508. The second-order valence-corrected chi connectivity index (χ2v) is 4.04. The molecule has 0 aromatic carbocycles. The highest BCUT2D eigenvalue weighted by Gasteiger charge is 2.07. The van der Waals surface area contributed by atoms with Gasteiger partial charge in [-0.3, -0.25) is 4.68 Å².